The zero-order valence-corrected chi connectivity index (χ0v) is 24.5. The third kappa shape index (κ3) is 8.19. The molecule has 2 amide bonds. The van der Waals surface area contributed by atoms with Gasteiger partial charge in [-0.15, -0.1) is 24.8 Å². The number of nitrogens with one attached hydrogen (secondary N) is 2. The molecule has 1 aliphatic heterocycles. The number of aromatic nitrogens is 1. The van der Waals surface area contributed by atoms with Gasteiger partial charge < -0.3 is 20.1 Å². The summed E-state index contributed by atoms with van der Waals surface area (Å²) in [6, 6.07) is 16.0. The van der Waals surface area contributed by atoms with Gasteiger partial charge in [-0.3, -0.25) is 14.6 Å². The summed E-state index contributed by atoms with van der Waals surface area (Å²) in [6.45, 7) is 9.49. The van der Waals surface area contributed by atoms with Crippen molar-refractivity contribution in [3.05, 3.63) is 70.9 Å². The molecule has 2 aromatic carbocycles. The molecule has 4 rings (SSSR count). The van der Waals surface area contributed by atoms with Crippen LogP contribution in [0.25, 0.3) is 11.3 Å². The number of fused-ring (bicyclic) bond motifs is 1. The lowest BCUT2D eigenvalue weighted by Gasteiger charge is -2.32. The number of aryl methyl sites for hydroxylation is 2. The highest BCUT2D eigenvalue weighted by molar-refractivity contribution is 5.87. The highest BCUT2D eigenvalue weighted by Gasteiger charge is 2.27. The van der Waals surface area contributed by atoms with Crippen molar-refractivity contribution in [1.82, 2.24) is 25.8 Å². The maximum Gasteiger partial charge on any atom is 0.256 e. The van der Waals surface area contributed by atoms with Crippen molar-refractivity contribution in [2.45, 2.75) is 33.9 Å². The summed E-state index contributed by atoms with van der Waals surface area (Å²) in [4.78, 5) is 28.1. The Morgan fingerprint density at radius 1 is 1.00 bits per heavy atom. The number of hydrazine groups is 1. The van der Waals surface area contributed by atoms with Crippen molar-refractivity contribution in [3.8, 4) is 11.3 Å². The van der Waals surface area contributed by atoms with Crippen LogP contribution in [0.15, 0.2) is 53.1 Å². The molecule has 9 nitrogen and oxygen atoms in total. The van der Waals surface area contributed by atoms with Crippen molar-refractivity contribution in [2.75, 3.05) is 44.7 Å². The lowest BCUT2D eigenvalue weighted by Crippen LogP contribution is -2.48. The predicted molar refractivity (Wildman–Crippen MR) is 158 cm³/mol. The van der Waals surface area contributed by atoms with E-state index < -0.39 is 0 Å². The Hall–Kier alpha value is -3.11. The van der Waals surface area contributed by atoms with Crippen LogP contribution in [0.2, 0.25) is 0 Å². The van der Waals surface area contributed by atoms with Crippen LogP contribution in [0.5, 0.6) is 0 Å². The molecule has 3 aromatic rings. The van der Waals surface area contributed by atoms with Gasteiger partial charge in [0.25, 0.3) is 5.91 Å². The molecule has 11 heteroatoms. The van der Waals surface area contributed by atoms with E-state index in [1.807, 2.05) is 67.1 Å². The Labute approximate surface area is 242 Å². The molecule has 0 unspecified atom stereocenters. The highest BCUT2D eigenvalue weighted by atomic mass is 35.5. The van der Waals surface area contributed by atoms with Gasteiger partial charge in [0.05, 0.1) is 18.8 Å². The lowest BCUT2D eigenvalue weighted by atomic mass is 10.1. The van der Waals surface area contributed by atoms with Crippen molar-refractivity contribution in [3.63, 3.8) is 0 Å². The molecule has 0 radical (unpaired) electrons. The van der Waals surface area contributed by atoms with E-state index in [0.717, 1.165) is 29.1 Å². The molecule has 39 heavy (non-hydrogen) atoms. The first-order valence-electron chi connectivity index (χ1n) is 12.7. The minimum Gasteiger partial charge on any atom is -0.356 e. The number of rotatable bonds is 11. The first-order chi connectivity index (χ1) is 17.9. The van der Waals surface area contributed by atoms with E-state index in [1.165, 1.54) is 11.1 Å². The van der Waals surface area contributed by atoms with E-state index in [-0.39, 0.29) is 49.7 Å². The molecule has 2 heterocycles. The van der Waals surface area contributed by atoms with Crippen LogP contribution in [0.4, 0.5) is 5.69 Å². The van der Waals surface area contributed by atoms with Crippen LogP contribution in [0.3, 0.4) is 0 Å². The molecule has 0 fully saturated rings. The highest BCUT2D eigenvalue weighted by Crippen LogP contribution is 2.28. The quantitative estimate of drug-likeness (QED) is 0.336. The second-order valence-electron chi connectivity index (χ2n) is 9.40. The predicted octanol–water partition coefficient (Wildman–Crippen LogP) is 3.72. The summed E-state index contributed by atoms with van der Waals surface area (Å²) in [5.74, 6) is 0.475. The molecule has 0 saturated heterocycles. The normalized spacial score (nSPS) is 12.2. The molecule has 0 aliphatic carbocycles. The molecule has 0 saturated carbocycles. The second-order valence-corrected chi connectivity index (χ2v) is 9.40. The van der Waals surface area contributed by atoms with Gasteiger partial charge in [-0.25, -0.2) is 5.01 Å². The molecular weight excluding hydrogens is 539 g/mol. The van der Waals surface area contributed by atoms with Gasteiger partial charge in [0.1, 0.15) is 0 Å². The lowest BCUT2D eigenvalue weighted by molar-refractivity contribution is -0.145. The average molecular weight is 578 g/mol. The van der Waals surface area contributed by atoms with E-state index in [2.05, 4.69) is 27.9 Å². The average Bonchev–Trinajstić information content (AvgIpc) is 3.52. The molecule has 0 spiro atoms. The Morgan fingerprint density at radius 3 is 2.28 bits per heavy atom. The number of benzene rings is 2. The van der Waals surface area contributed by atoms with Gasteiger partial charge in [0, 0.05) is 50.5 Å². The number of likely N-dealkylation sites (N-methyl/N-ethyl adjacent to an activating group) is 2. The fraction of sp³-hybridized carbons (Fsp3) is 0.393. The van der Waals surface area contributed by atoms with Crippen LogP contribution in [-0.4, -0.2) is 66.8 Å². The number of carbonyl (C=O) groups excluding carboxylic acids is 2. The number of nitrogens with zero attached hydrogens (tertiary/aromatic N) is 4. The van der Waals surface area contributed by atoms with Gasteiger partial charge in [0.2, 0.25) is 5.91 Å². The topological polar surface area (TPSA) is 93.9 Å². The molecule has 212 valence electrons. The molecule has 1 aliphatic rings. The smallest absolute Gasteiger partial charge is 0.256 e. The summed E-state index contributed by atoms with van der Waals surface area (Å²) in [5, 5.41) is 13.8. The number of hydrogen-bond donors (Lipinski definition) is 2. The summed E-state index contributed by atoms with van der Waals surface area (Å²) in [5.41, 5.74) is 5.94. The van der Waals surface area contributed by atoms with Crippen molar-refractivity contribution in [2.24, 2.45) is 0 Å². The SMILES string of the molecule is CCNCCNC(=O)CN(CC(=O)N(C)N1Cc2ccccc2C1)c1ccc(-c2cc(C)no2)cc1C.Cl.Cl. The Balaban J connectivity index is 0.00000267. The molecule has 2 N–H and O–H groups in total. The van der Waals surface area contributed by atoms with Crippen LogP contribution in [-0.2, 0) is 22.7 Å². The summed E-state index contributed by atoms with van der Waals surface area (Å²) >= 11 is 0. The molecular formula is C28H38Cl2N6O3. The van der Waals surface area contributed by atoms with Crippen LogP contribution < -0.4 is 15.5 Å². The minimum atomic E-state index is -0.128. The second kappa shape index (κ2) is 14.9. The van der Waals surface area contributed by atoms with E-state index >= 15 is 0 Å². The number of hydrogen-bond acceptors (Lipinski definition) is 7. The number of amides is 2. The maximum absolute atomic E-state index is 13.4. The van der Waals surface area contributed by atoms with Gasteiger partial charge in [0.15, 0.2) is 5.76 Å². The number of halogens is 2. The fourth-order valence-corrected chi connectivity index (χ4v) is 4.54. The third-order valence-corrected chi connectivity index (χ3v) is 6.59. The van der Waals surface area contributed by atoms with Crippen LogP contribution in [0.1, 0.15) is 29.3 Å². The zero-order chi connectivity index (χ0) is 26.4. The van der Waals surface area contributed by atoms with Gasteiger partial charge in [-0.1, -0.05) is 36.3 Å². The summed E-state index contributed by atoms with van der Waals surface area (Å²) in [6.07, 6.45) is 0. The Kier molecular flexibility index (Phi) is 12.3. The summed E-state index contributed by atoms with van der Waals surface area (Å²) < 4.78 is 5.41. The number of carbonyl (C=O) groups is 2. The van der Waals surface area contributed by atoms with E-state index in [1.54, 1.807) is 12.1 Å². The van der Waals surface area contributed by atoms with Gasteiger partial charge in [-0.05, 0) is 55.3 Å². The fourth-order valence-electron chi connectivity index (χ4n) is 4.54. The first kappa shape index (κ1) is 32.1. The van der Waals surface area contributed by atoms with Crippen LogP contribution in [0, 0.1) is 13.8 Å². The van der Waals surface area contributed by atoms with Gasteiger partial charge >= 0.3 is 0 Å². The van der Waals surface area contributed by atoms with Crippen molar-refractivity contribution in [1.29, 1.82) is 0 Å². The standard InChI is InChI=1S/C28H36N6O3.2ClH/c1-5-29-12-13-30-27(35)18-33(25-11-10-22(14-20(25)2)26-15-21(3)31-37-26)19-28(36)32(4)34-16-23-8-6-7-9-24(23)17-34;;/h6-11,14-15,29H,5,12-13,16-19H2,1-4H3,(H,30,35);2*1H. The zero-order valence-electron chi connectivity index (χ0n) is 22.9. The third-order valence-electron chi connectivity index (χ3n) is 6.59. The van der Waals surface area contributed by atoms with Crippen molar-refractivity contribution < 1.29 is 14.1 Å². The van der Waals surface area contributed by atoms with Crippen LogP contribution >= 0.6 is 24.8 Å². The Bertz CT molecular complexity index is 1230. The largest absolute Gasteiger partial charge is 0.356 e. The molecule has 1 aromatic heterocycles. The Morgan fingerprint density at radius 2 is 1.69 bits per heavy atom. The molecule has 0 bridgehead atoms. The number of anilines is 1. The first-order valence-corrected chi connectivity index (χ1v) is 12.7. The monoisotopic (exact) mass is 576 g/mol. The summed E-state index contributed by atoms with van der Waals surface area (Å²) in [7, 11) is 1.80. The molecule has 0 atom stereocenters. The van der Waals surface area contributed by atoms with E-state index in [9.17, 15) is 9.59 Å². The minimum absolute atomic E-state index is 0. The van der Waals surface area contributed by atoms with E-state index in [0.29, 0.717) is 31.9 Å². The maximum atomic E-state index is 13.4. The van der Waals surface area contributed by atoms with Crippen molar-refractivity contribution >= 4 is 42.3 Å². The van der Waals surface area contributed by atoms with E-state index in [4.69, 9.17) is 4.52 Å². The van der Waals surface area contributed by atoms with Gasteiger partial charge in [-0.2, -0.15) is 0 Å².